The Hall–Kier alpha value is -4.84. The predicted molar refractivity (Wildman–Crippen MR) is 135 cm³/mol. The molecule has 3 aromatic heterocycles. The highest BCUT2D eigenvalue weighted by Gasteiger charge is 2.28. The Morgan fingerprint density at radius 1 is 1.16 bits per heavy atom. The van der Waals surface area contributed by atoms with Gasteiger partial charge in [0.15, 0.2) is 11.6 Å². The zero-order valence-electron chi connectivity index (χ0n) is 19.5. The number of halogens is 2. The number of hydrogen-bond acceptors (Lipinski definition) is 7. The molecule has 0 aliphatic carbocycles. The summed E-state index contributed by atoms with van der Waals surface area (Å²) < 4.78 is 22.2. The molecule has 6 rings (SSSR count). The van der Waals surface area contributed by atoms with Gasteiger partial charge in [-0.15, -0.1) is 5.10 Å². The fourth-order valence-electron chi connectivity index (χ4n) is 4.73. The standard InChI is InChI=1S/C25H18ClFN8O3/c26-15-2-4-20(34-12-30-32-33-34)17(10-15)14-7-16-3-5-21(35(16)23(36)9-14)24-29-11-19(31-24)13-1-6-22(18(27)8-13)38-25(28)37/h1-2,4,6-12,21H,3,5H2,(H2,28,37)(H,29,31). The molecular weight excluding hydrogens is 515 g/mol. The zero-order chi connectivity index (χ0) is 26.4. The lowest BCUT2D eigenvalue weighted by atomic mass is 10.0. The Bertz CT molecular complexity index is 1750. The second-order valence-corrected chi connectivity index (χ2v) is 9.10. The van der Waals surface area contributed by atoms with E-state index in [2.05, 4.69) is 30.2 Å². The summed E-state index contributed by atoms with van der Waals surface area (Å²) in [5, 5.41) is 11.9. The maximum Gasteiger partial charge on any atom is 0.410 e. The minimum Gasteiger partial charge on any atom is -0.407 e. The van der Waals surface area contributed by atoms with Gasteiger partial charge in [-0.1, -0.05) is 11.6 Å². The number of ether oxygens (including phenoxy) is 1. The van der Waals surface area contributed by atoms with Gasteiger partial charge in [0, 0.05) is 27.9 Å². The number of imidazole rings is 1. The second kappa shape index (κ2) is 9.23. The molecule has 11 nitrogen and oxygen atoms in total. The van der Waals surface area contributed by atoms with Gasteiger partial charge in [-0.3, -0.25) is 4.79 Å². The first-order valence-corrected chi connectivity index (χ1v) is 11.9. The van der Waals surface area contributed by atoms with E-state index >= 15 is 0 Å². The van der Waals surface area contributed by atoms with Crippen molar-refractivity contribution in [1.82, 2.24) is 34.7 Å². The molecule has 3 N–H and O–H groups in total. The van der Waals surface area contributed by atoms with E-state index in [0.717, 1.165) is 11.3 Å². The van der Waals surface area contributed by atoms with E-state index in [1.165, 1.54) is 23.1 Å². The number of aromatic nitrogens is 7. The van der Waals surface area contributed by atoms with Crippen LogP contribution in [0.15, 0.2) is 65.8 Å². The molecule has 1 amide bonds. The molecule has 5 aromatic rings. The number of nitrogens with zero attached hydrogens (tertiary/aromatic N) is 6. The van der Waals surface area contributed by atoms with E-state index in [9.17, 15) is 14.0 Å². The molecule has 1 unspecified atom stereocenters. The number of aromatic amines is 1. The topological polar surface area (TPSA) is 147 Å². The van der Waals surface area contributed by atoms with Crippen molar-refractivity contribution >= 4 is 17.7 Å². The second-order valence-electron chi connectivity index (χ2n) is 8.66. The number of benzene rings is 2. The summed E-state index contributed by atoms with van der Waals surface area (Å²) in [5.74, 6) is -0.436. The first-order chi connectivity index (χ1) is 18.4. The van der Waals surface area contributed by atoms with Crippen LogP contribution in [0, 0.1) is 5.82 Å². The highest BCUT2D eigenvalue weighted by atomic mass is 35.5. The number of tetrazole rings is 1. The van der Waals surface area contributed by atoms with Crippen molar-refractivity contribution in [3.05, 3.63) is 93.8 Å². The maximum absolute atomic E-state index is 14.3. The average Bonchev–Trinajstić information content (AvgIpc) is 3.65. The third-order valence-electron chi connectivity index (χ3n) is 6.36. The summed E-state index contributed by atoms with van der Waals surface area (Å²) >= 11 is 6.27. The molecule has 38 heavy (non-hydrogen) atoms. The quantitative estimate of drug-likeness (QED) is 0.351. The molecule has 0 saturated heterocycles. The lowest BCUT2D eigenvalue weighted by molar-refractivity contribution is 0.208. The fourth-order valence-corrected chi connectivity index (χ4v) is 4.90. The van der Waals surface area contributed by atoms with Crippen LogP contribution in [-0.4, -0.2) is 40.8 Å². The monoisotopic (exact) mass is 532 g/mol. The first-order valence-electron chi connectivity index (χ1n) is 11.5. The molecule has 13 heteroatoms. The highest BCUT2D eigenvalue weighted by Crippen LogP contribution is 2.34. The molecule has 0 bridgehead atoms. The molecule has 1 aliphatic rings. The number of nitrogens with two attached hydrogens (primary N) is 1. The van der Waals surface area contributed by atoms with Crippen LogP contribution in [0.2, 0.25) is 5.02 Å². The molecule has 0 radical (unpaired) electrons. The van der Waals surface area contributed by atoms with Crippen LogP contribution in [0.4, 0.5) is 9.18 Å². The number of carbonyl (C=O) groups is 1. The summed E-state index contributed by atoms with van der Waals surface area (Å²) in [6.45, 7) is 0. The number of pyridine rings is 1. The number of rotatable bonds is 5. The Morgan fingerprint density at radius 3 is 2.79 bits per heavy atom. The number of amides is 1. The van der Waals surface area contributed by atoms with Crippen molar-refractivity contribution in [2.75, 3.05) is 0 Å². The lowest BCUT2D eigenvalue weighted by Gasteiger charge is -2.15. The SMILES string of the molecule is NC(=O)Oc1ccc(-c2cnc(C3CCc4cc(-c5cc(Cl)ccc5-n5cnnn5)cc(=O)n43)[nH]2)cc1F. The van der Waals surface area contributed by atoms with Gasteiger partial charge in [0.25, 0.3) is 5.56 Å². The van der Waals surface area contributed by atoms with Crippen LogP contribution in [0.5, 0.6) is 5.75 Å². The van der Waals surface area contributed by atoms with Gasteiger partial charge in [0.05, 0.1) is 23.6 Å². The molecule has 4 heterocycles. The molecule has 0 spiro atoms. The third kappa shape index (κ3) is 4.20. The Balaban J connectivity index is 1.33. The molecular formula is C25H18ClFN8O3. The van der Waals surface area contributed by atoms with Gasteiger partial charge in [-0.05, 0) is 71.3 Å². The molecule has 1 atom stereocenters. The van der Waals surface area contributed by atoms with Crippen LogP contribution in [0.25, 0.3) is 28.1 Å². The Labute approximate surface area is 218 Å². The molecule has 2 aromatic carbocycles. The number of nitrogens with one attached hydrogen (secondary N) is 1. The average molecular weight is 533 g/mol. The number of H-pyrrole nitrogens is 1. The maximum atomic E-state index is 14.3. The van der Waals surface area contributed by atoms with Gasteiger partial charge in [-0.25, -0.2) is 14.2 Å². The van der Waals surface area contributed by atoms with E-state index in [1.807, 2.05) is 6.07 Å². The number of primary amides is 1. The largest absolute Gasteiger partial charge is 0.410 e. The van der Waals surface area contributed by atoms with E-state index in [-0.39, 0.29) is 17.4 Å². The zero-order valence-corrected chi connectivity index (χ0v) is 20.3. The summed E-state index contributed by atoms with van der Waals surface area (Å²) in [6, 6.07) is 12.6. The first kappa shape index (κ1) is 23.6. The van der Waals surface area contributed by atoms with Gasteiger partial charge >= 0.3 is 6.09 Å². The van der Waals surface area contributed by atoms with Crippen molar-refractivity contribution in [2.24, 2.45) is 5.73 Å². The normalized spacial score (nSPS) is 14.4. The van der Waals surface area contributed by atoms with Crippen molar-refractivity contribution in [1.29, 1.82) is 0 Å². The molecule has 190 valence electrons. The van der Waals surface area contributed by atoms with Crippen molar-refractivity contribution in [3.8, 4) is 33.8 Å². The fraction of sp³-hybridized carbons (Fsp3) is 0.120. The van der Waals surface area contributed by atoms with Crippen molar-refractivity contribution < 1.29 is 13.9 Å². The summed E-state index contributed by atoms with van der Waals surface area (Å²) in [7, 11) is 0. The van der Waals surface area contributed by atoms with Gasteiger partial charge in [-0.2, -0.15) is 4.68 Å². The Kier molecular flexibility index (Phi) is 5.72. The van der Waals surface area contributed by atoms with Gasteiger partial charge in [0.2, 0.25) is 0 Å². The minimum atomic E-state index is -1.10. The van der Waals surface area contributed by atoms with Gasteiger partial charge in [0.1, 0.15) is 12.2 Å². The summed E-state index contributed by atoms with van der Waals surface area (Å²) in [4.78, 5) is 31.9. The minimum absolute atomic E-state index is 0.195. The van der Waals surface area contributed by atoms with E-state index in [1.54, 1.807) is 41.1 Å². The number of aryl methyl sites for hydroxylation is 1. The number of fused-ring (bicyclic) bond motifs is 1. The summed E-state index contributed by atoms with van der Waals surface area (Å²) in [6.07, 6.45) is 3.25. The van der Waals surface area contributed by atoms with Crippen LogP contribution < -0.4 is 16.0 Å². The highest BCUT2D eigenvalue weighted by molar-refractivity contribution is 6.31. The van der Waals surface area contributed by atoms with Crippen LogP contribution in [-0.2, 0) is 6.42 Å². The predicted octanol–water partition coefficient (Wildman–Crippen LogP) is 3.67. The van der Waals surface area contributed by atoms with Gasteiger partial charge < -0.3 is 20.0 Å². The van der Waals surface area contributed by atoms with Crippen molar-refractivity contribution in [3.63, 3.8) is 0 Å². The smallest absolute Gasteiger partial charge is 0.407 e. The molecule has 0 fully saturated rings. The van der Waals surface area contributed by atoms with E-state index in [4.69, 9.17) is 17.3 Å². The van der Waals surface area contributed by atoms with Crippen LogP contribution in [0.1, 0.15) is 24.0 Å². The van der Waals surface area contributed by atoms with Crippen molar-refractivity contribution in [2.45, 2.75) is 18.9 Å². The number of carbonyl (C=O) groups excluding carboxylic acids is 1. The Morgan fingerprint density at radius 2 is 2.03 bits per heavy atom. The molecule has 0 saturated carbocycles. The molecule has 1 aliphatic heterocycles. The number of hydrogen-bond donors (Lipinski definition) is 2. The lowest BCUT2D eigenvalue weighted by Crippen LogP contribution is -2.23. The third-order valence-corrected chi connectivity index (χ3v) is 6.60. The summed E-state index contributed by atoms with van der Waals surface area (Å²) in [5.41, 5.74) is 8.76. The van der Waals surface area contributed by atoms with Crippen LogP contribution in [0.3, 0.4) is 0 Å². The van der Waals surface area contributed by atoms with E-state index in [0.29, 0.717) is 46.2 Å². The van der Waals surface area contributed by atoms with E-state index < -0.39 is 11.9 Å². The van der Waals surface area contributed by atoms with Crippen LogP contribution >= 0.6 is 11.6 Å².